The fourth-order valence-corrected chi connectivity index (χ4v) is 2.45. The van der Waals surface area contributed by atoms with E-state index in [9.17, 15) is 4.79 Å². The lowest BCUT2D eigenvalue weighted by Gasteiger charge is -2.00. The lowest BCUT2D eigenvalue weighted by Crippen LogP contribution is -1.92. The zero-order chi connectivity index (χ0) is 11.7. The summed E-state index contributed by atoms with van der Waals surface area (Å²) in [6.07, 6.45) is 1.95. The lowest BCUT2D eigenvalue weighted by molar-refractivity contribution is 0.101. The second-order valence-electron chi connectivity index (χ2n) is 3.50. The molecule has 0 radical (unpaired) electrons. The van der Waals surface area contributed by atoms with Crippen molar-refractivity contribution in [1.29, 1.82) is 0 Å². The van der Waals surface area contributed by atoms with Crippen molar-refractivity contribution in [3.63, 3.8) is 0 Å². The summed E-state index contributed by atoms with van der Waals surface area (Å²) in [5.41, 5.74) is 1.72. The molecule has 3 nitrogen and oxygen atoms in total. The predicted molar refractivity (Wildman–Crippen MR) is 66.6 cm³/mol. The first-order valence-electron chi connectivity index (χ1n) is 4.92. The molecule has 16 heavy (non-hydrogen) atoms. The van der Waals surface area contributed by atoms with E-state index in [1.807, 2.05) is 24.5 Å². The number of ether oxygens (including phenoxy) is 1. The maximum Gasteiger partial charge on any atom is 0.163 e. The van der Waals surface area contributed by atoms with Crippen LogP contribution in [-0.4, -0.2) is 24.1 Å². The van der Waals surface area contributed by atoms with Crippen LogP contribution in [0.5, 0.6) is 5.75 Å². The number of thioether (sulfide) groups is 1. The van der Waals surface area contributed by atoms with Gasteiger partial charge in [0.05, 0.1) is 17.7 Å². The zero-order valence-electron chi connectivity index (χ0n) is 9.46. The Hall–Kier alpha value is -1.42. The molecule has 0 atom stereocenters. The molecule has 2 rings (SSSR count). The minimum absolute atomic E-state index is 0.0730. The molecule has 0 aliphatic rings. The third-order valence-corrected chi connectivity index (χ3v) is 3.24. The highest BCUT2D eigenvalue weighted by Crippen LogP contribution is 2.31. The maximum atomic E-state index is 11.6. The second-order valence-corrected chi connectivity index (χ2v) is 4.32. The van der Waals surface area contributed by atoms with E-state index >= 15 is 0 Å². The van der Waals surface area contributed by atoms with Crippen LogP contribution >= 0.6 is 11.8 Å². The van der Waals surface area contributed by atoms with Gasteiger partial charge < -0.3 is 9.72 Å². The number of ketones is 1. The number of H-pyrrole nitrogens is 1. The molecule has 0 saturated carbocycles. The van der Waals surface area contributed by atoms with Crippen molar-refractivity contribution < 1.29 is 9.53 Å². The maximum absolute atomic E-state index is 11.6. The molecule has 0 bridgehead atoms. The molecule has 4 heteroatoms. The fourth-order valence-electron chi connectivity index (χ4n) is 1.78. The molecule has 1 N–H and O–H groups in total. The van der Waals surface area contributed by atoms with Crippen LogP contribution in [0, 0.1) is 0 Å². The SMILES string of the molecule is COc1ccc2[nH]c(SC)c(C(C)=O)c2c1. The standard InChI is InChI=1S/C12H13NO2S/c1-7(14)11-9-6-8(15-2)4-5-10(9)13-12(11)16-3/h4-6,13H,1-3H3. The zero-order valence-corrected chi connectivity index (χ0v) is 10.3. The second kappa shape index (κ2) is 4.22. The molecule has 1 aromatic heterocycles. The molecule has 1 heterocycles. The van der Waals surface area contributed by atoms with Crippen LogP contribution in [0.1, 0.15) is 17.3 Å². The van der Waals surface area contributed by atoms with Gasteiger partial charge in [0.15, 0.2) is 5.78 Å². The van der Waals surface area contributed by atoms with Crippen LogP contribution in [0.2, 0.25) is 0 Å². The van der Waals surface area contributed by atoms with Crippen molar-refractivity contribution in [1.82, 2.24) is 4.98 Å². The first kappa shape index (κ1) is 11.1. The van der Waals surface area contributed by atoms with E-state index in [-0.39, 0.29) is 5.78 Å². The summed E-state index contributed by atoms with van der Waals surface area (Å²) in [6, 6.07) is 5.70. The average Bonchev–Trinajstić information content (AvgIpc) is 2.65. The van der Waals surface area contributed by atoms with Crippen LogP contribution in [-0.2, 0) is 0 Å². The summed E-state index contributed by atoms with van der Waals surface area (Å²) in [5.74, 6) is 0.838. The van der Waals surface area contributed by atoms with Crippen molar-refractivity contribution in [3.05, 3.63) is 23.8 Å². The summed E-state index contributed by atoms with van der Waals surface area (Å²) < 4.78 is 5.17. The van der Waals surface area contributed by atoms with Crippen LogP contribution in [0.3, 0.4) is 0 Å². The number of methoxy groups -OCH3 is 1. The number of rotatable bonds is 3. The van der Waals surface area contributed by atoms with Crippen molar-refractivity contribution in [2.75, 3.05) is 13.4 Å². The van der Waals surface area contributed by atoms with Gasteiger partial charge in [-0.3, -0.25) is 4.79 Å². The number of aromatic nitrogens is 1. The van der Waals surface area contributed by atoms with E-state index in [0.29, 0.717) is 0 Å². The van der Waals surface area contributed by atoms with Gasteiger partial charge in [-0.05, 0) is 31.4 Å². The molecule has 2 aromatic rings. The summed E-state index contributed by atoms with van der Waals surface area (Å²) in [5, 5.41) is 1.84. The number of Topliss-reactive ketones (excluding diaryl/α,β-unsaturated/α-hetero) is 1. The van der Waals surface area contributed by atoms with E-state index < -0.39 is 0 Å². The Bertz CT molecular complexity index is 545. The molecule has 0 amide bonds. The van der Waals surface area contributed by atoms with Crippen molar-refractivity contribution in [2.45, 2.75) is 11.9 Å². The monoisotopic (exact) mass is 235 g/mol. The van der Waals surface area contributed by atoms with Crippen molar-refractivity contribution in [2.24, 2.45) is 0 Å². The molecule has 0 aliphatic carbocycles. The molecule has 0 spiro atoms. The molecule has 84 valence electrons. The number of hydrogen-bond donors (Lipinski definition) is 1. The van der Waals surface area contributed by atoms with Crippen LogP contribution in [0.25, 0.3) is 10.9 Å². The molecular weight excluding hydrogens is 222 g/mol. The highest BCUT2D eigenvalue weighted by molar-refractivity contribution is 7.98. The Kier molecular flexibility index (Phi) is 2.92. The minimum atomic E-state index is 0.0730. The van der Waals surface area contributed by atoms with Gasteiger partial charge in [0.1, 0.15) is 5.75 Å². The third-order valence-electron chi connectivity index (χ3n) is 2.53. The highest BCUT2D eigenvalue weighted by Gasteiger charge is 2.15. The molecule has 0 aliphatic heterocycles. The van der Waals surface area contributed by atoms with Gasteiger partial charge in [0.2, 0.25) is 0 Å². The van der Waals surface area contributed by atoms with Gasteiger partial charge >= 0.3 is 0 Å². The van der Waals surface area contributed by atoms with Gasteiger partial charge in [-0.15, -0.1) is 11.8 Å². The molecular formula is C12H13NO2S. The van der Waals surface area contributed by atoms with Crippen LogP contribution in [0.4, 0.5) is 0 Å². The number of aromatic amines is 1. The van der Waals surface area contributed by atoms with E-state index in [0.717, 1.165) is 27.2 Å². The summed E-state index contributed by atoms with van der Waals surface area (Å²) in [7, 11) is 1.62. The minimum Gasteiger partial charge on any atom is -0.497 e. The Balaban J connectivity index is 2.75. The summed E-state index contributed by atoms with van der Waals surface area (Å²) >= 11 is 1.55. The highest BCUT2D eigenvalue weighted by atomic mass is 32.2. The number of nitrogens with one attached hydrogen (secondary N) is 1. The molecule has 1 aromatic carbocycles. The number of fused-ring (bicyclic) bond motifs is 1. The molecule has 0 saturated heterocycles. The van der Waals surface area contributed by atoms with Crippen molar-refractivity contribution >= 4 is 28.4 Å². The van der Waals surface area contributed by atoms with E-state index in [1.165, 1.54) is 0 Å². The largest absolute Gasteiger partial charge is 0.497 e. The van der Waals surface area contributed by atoms with Crippen molar-refractivity contribution in [3.8, 4) is 5.75 Å². The van der Waals surface area contributed by atoms with Gasteiger partial charge in [0.25, 0.3) is 0 Å². The first-order chi connectivity index (χ1) is 7.67. The van der Waals surface area contributed by atoms with Gasteiger partial charge in [-0.1, -0.05) is 0 Å². The number of benzene rings is 1. The van der Waals surface area contributed by atoms with E-state index in [4.69, 9.17) is 4.74 Å². The predicted octanol–water partition coefficient (Wildman–Crippen LogP) is 3.10. The smallest absolute Gasteiger partial charge is 0.163 e. The average molecular weight is 235 g/mol. The van der Waals surface area contributed by atoms with Gasteiger partial charge in [0, 0.05) is 10.9 Å². The molecule has 0 unspecified atom stereocenters. The Morgan fingerprint density at radius 1 is 1.44 bits per heavy atom. The quantitative estimate of drug-likeness (QED) is 0.656. The molecule has 0 fully saturated rings. The Morgan fingerprint density at radius 3 is 2.75 bits per heavy atom. The van der Waals surface area contributed by atoms with Crippen LogP contribution < -0.4 is 4.74 Å². The number of hydrogen-bond acceptors (Lipinski definition) is 3. The van der Waals surface area contributed by atoms with E-state index in [1.54, 1.807) is 25.8 Å². The summed E-state index contributed by atoms with van der Waals surface area (Å²) in [6.45, 7) is 1.59. The van der Waals surface area contributed by atoms with Crippen LogP contribution in [0.15, 0.2) is 23.2 Å². The topological polar surface area (TPSA) is 42.1 Å². The Morgan fingerprint density at radius 2 is 2.19 bits per heavy atom. The Labute approximate surface area is 98.2 Å². The third kappa shape index (κ3) is 1.69. The fraction of sp³-hybridized carbons (Fsp3) is 0.250. The first-order valence-corrected chi connectivity index (χ1v) is 6.14. The number of carbonyl (C=O) groups excluding carboxylic acids is 1. The van der Waals surface area contributed by atoms with Gasteiger partial charge in [-0.25, -0.2) is 0 Å². The van der Waals surface area contributed by atoms with E-state index in [2.05, 4.69) is 4.98 Å². The van der Waals surface area contributed by atoms with Gasteiger partial charge in [-0.2, -0.15) is 0 Å². The lowest BCUT2D eigenvalue weighted by atomic mass is 10.1. The summed E-state index contributed by atoms with van der Waals surface area (Å²) in [4.78, 5) is 14.9. The number of carbonyl (C=O) groups is 1. The normalized spacial score (nSPS) is 10.7.